The molecule has 3 rings (SSSR count). The maximum atomic E-state index is 3.61. The van der Waals surface area contributed by atoms with Crippen molar-refractivity contribution in [3.05, 3.63) is 84.4 Å². The molecule has 0 bridgehead atoms. The maximum absolute atomic E-state index is 3.61. The van der Waals surface area contributed by atoms with Crippen LogP contribution in [0.15, 0.2) is 93.5 Å². The molecule has 0 aliphatic carbocycles. The number of anilines is 1. The zero-order chi connectivity index (χ0) is 19.6. The molecule has 146 valence electrons. The van der Waals surface area contributed by atoms with Gasteiger partial charge in [0.2, 0.25) is 0 Å². The normalized spacial score (nSPS) is 10.8. The van der Waals surface area contributed by atoms with E-state index in [1.165, 1.54) is 25.9 Å². The van der Waals surface area contributed by atoms with Gasteiger partial charge in [-0.05, 0) is 67.2 Å². The second-order valence-electron chi connectivity index (χ2n) is 6.67. The number of nitrogens with one attached hydrogen (secondary N) is 1. The lowest BCUT2D eigenvalue weighted by Gasteiger charge is -2.19. The van der Waals surface area contributed by atoms with E-state index in [9.17, 15) is 0 Å². The van der Waals surface area contributed by atoms with Crippen molar-refractivity contribution in [3.8, 4) is 0 Å². The molecule has 0 unspecified atom stereocenters. The van der Waals surface area contributed by atoms with E-state index in [4.69, 9.17) is 0 Å². The molecular formula is C24H28N2S2. The summed E-state index contributed by atoms with van der Waals surface area (Å²) < 4.78 is 0. The van der Waals surface area contributed by atoms with Crippen molar-refractivity contribution in [2.24, 2.45) is 0 Å². The molecule has 0 atom stereocenters. The smallest absolute Gasteiger partial charge is 0.0363 e. The van der Waals surface area contributed by atoms with Gasteiger partial charge in [-0.3, -0.25) is 0 Å². The minimum absolute atomic E-state index is 0.904. The van der Waals surface area contributed by atoms with Crippen LogP contribution in [-0.2, 0) is 6.54 Å². The number of benzene rings is 3. The van der Waals surface area contributed by atoms with Crippen LogP contribution in [0.4, 0.5) is 5.69 Å². The van der Waals surface area contributed by atoms with E-state index in [0.717, 1.165) is 26.1 Å². The number of hydrogen-bond acceptors (Lipinski definition) is 4. The summed E-state index contributed by atoms with van der Waals surface area (Å²) in [4.78, 5) is 6.23. The van der Waals surface area contributed by atoms with Crippen molar-refractivity contribution in [2.75, 3.05) is 31.3 Å². The maximum Gasteiger partial charge on any atom is 0.0363 e. The van der Waals surface area contributed by atoms with Crippen molar-refractivity contribution in [1.82, 2.24) is 5.32 Å². The molecule has 0 radical (unpaired) electrons. The molecule has 0 fully saturated rings. The zero-order valence-corrected chi connectivity index (χ0v) is 18.2. The SMILES string of the molecule is CSc1ccc(Sc2ccccc2CNCCCN(C)c2ccccc2)cc1. The van der Waals surface area contributed by atoms with Gasteiger partial charge < -0.3 is 10.2 Å². The first kappa shape index (κ1) is 20.8. The van der Waals surface area contributed by atoms with E-state index in [0.29, 0.717) is 0 Å². The van der Waals surface area contributed by atoms with Crippen LogP contribution in [0.2, 0.25) is 0 Å². The quantitative estimate of drug-likeness (QED) is 0.318. The van der Waals surface area contributed by atoms with E-state index in [2.05, 4.69) is 102 Å². The monoisotopic (exact) mass is 408 g/mol. The molecule has 0 heterocycles. The molecule has 0 aliphatic heterocycles. The number of nitrogens with zero attached hydrogens (tertiary/aromatic N) is 1. The molecule has 2 nitrogen and oxygen atoms in total. The number of thioether (sulfide) groups is 1. The fraction of sp³-hybridized carbons (Fsp3) is 0.250. The Labute approximate surface area is 177 Å². The van der Waals surface area contributed by atoms with E-state index in [-0.39, 0.29) is 0 Å². The van der Waals surface area contributed by atoms with Crippen LogP contribution in [0.1, 0.15) is 12.0 Å². The van der Waals surface area contributed by atoms with Gasteiger partial charge in [0, 0.05) is 40.5 Å². The highest BCUT2D eigenvalue weighted by Crippen LogP contribution is 2.31. The lowest BCUT2D eigenvalue weighted by Crippen LogP contribution is -2.23. The van der Waals surface area contributed by atoms with Crippen LogP contribution < -0.4 is 10.2 Å². The van der Waals surface area contributed by atoms with E-state index in [1.807, 2.05) is 11.8 Å². The van der Waals surface area contributed by atoms with Gasteiger partial charge in [0.25, 0.3) is 0 Å². The molecule has 0 saturated heterocycles. The minimum Gasteiger partial charge on any atom is -0.375 e. The summed E-state index contributed by atoms with van der Waals surface area (Å²) >= 11 is 3.62. The van der Waals surface area contributed by atoms with E-state index >= 15 is 0 Å². The minimum atomic E-state index is 0.904. The Morgan fingerprint density at radius 1 is 0.821 bits per heavy atom. The van der Waals surface area contributed by atoms with Gasteiger partial charge in [0.15, 0.2) is 0 Å². The van der Waals surface area contributed by atoms with Gasteiger partial charge in [-0.15, -0.1) is 11.8 Å². The summed E-state index contributed by atoms with van der Waals surface area (Å²) in [6, 6.07) is 28.0. The number of para-hydroxylation sites is 1. The highest BCUT2D eigenvalue weighted by atomic mass is 32.2. The van der Waals surface area contributed by atoms with Crippen LogP contribution >= 0.6 is 23.5 Å². The average Bonchev–Trinajstić information content (AvgIpc) is 2.75. The van der Waals surface area contributed by atoms with E-state index < -0.39 is 0 Å². The number of hydrogen-bond donors (Lipinski definition) is 1. The van der Waals surface area contributed by atoms with Crippen LogP contribution in [0.3, 0.4) is 0 Å². The first-order chi connectivity index (χ1) is 13.8. The lowest BCUT2D eigenvalue weighted by molar-refractivity contribution is 0.641. The zero-order valence-electron chi connectivity index (χ0n) is 16.6. The highest BCUT2D eigenvalue weighted by Gasteiger charge is 2.05. The molecule has 1 N–H and O–H groups in total. The molecule has 0 spiro atoms. The lowest BCUT2D eigenvalue weighted by atomic mass is 10.2. The summed E-state index contributed by atoms with van der Waals surface area (Å²) in [5, 5.41) is 3.61. The molecule has 3 aromatic carbocycles. The molecule has 0 aliphatic rings. The predicted octanol–water partition coefficient (Wildman–Crippen LogP) is 6.18. The second kappa shape index (κ2) is 11.2. The van der Waals surface area contributed by atoms with Crippen LogP contribution in [0.5, 0.6) is 0 Å². The fourth-order valence-electron chi connectivity index (χ4n) is 3.00. The predicted molar refractivity (Wildman–Crippen MR) is 125 cm³/mol. The Morgan fingerprint density at radius 3 is 2.25 bits per heavy atom. The molecule has 3 aromatic rings. The van der Waals surface area contributed by atoms with E-state index in [1.54, 1.807) is 11.8 Å². The highest BCUT2D eigenvalue weighted by molar-refractivity contribution is 7.99. The molecule has 0 aromatic heterocycles. The van der Waals surface area contributed by atoms with Gasteiger partial charge in [-0.1, -0.05) is 48.2 Å². The summed E-state index contributed by atoms with van der Waals surface area (Å²) in [6.07, 6.45) is 3.23. The molecule has 4 heteroatoms. The Balaban J connectivity index is 1.47. The van der Waals surface area contributed by atoms with Gasteiger partial charge >= 0.3 is 0 Å². The standard InChI is InChI=1S/C24H28N2S2/c1-26(21-10-4-3-5-11-21)18-8-17-25-19-20-9-6-7-12-24(20)28-23-15-13-22(27-2)14-16-23/h3-7,9-16,25H,8,17-19H2,1-2H3. The molecular weight excluding hydrogens is 380 g/mol. The van der Waals surface area contributed by atoms with Crippen molar-refractivity contribution >= 4 is 29.2 Å². The molecule has 28 heavy (non-hydrogen) atoms. The largest absolute Gasteiger partial charge is 0.375 e. The summed E-state index contributed by atoms with van der Waals surface area (Å²) in [7, 11) is 2.16. The van der Waals surface area contributed by atoms with Gasteiger partial charge in [0.1, 0.15) is 0 Å². The third kappa shape index (κ3) is 6.33. The van der Waals surface area contributed by atoms with Gasteiger partial charge in [-0.25, -0.2) is 0 Å². The molecule has 0 saturated carbocycles. The van der Waals surface area contributed by atoms with Crippen LogP contribution in [-0.4, -0.2) is 26.4 Å². The average molecular weight is 409 g/mol. The fourth-order valence-corrected chi connectivity index (χ4v) is 4.35. The Bertz CT molecular complexity index is 835. The van der Waals surface area contributed by atoms with Crippen LogP contribution in [0, 0.1) is 0 Å². The second-order valence-corrected chi connectivity index (χ2v) is 8.67. The van der Waals surface area contributed by atoms with Gasteiger partial charge in [0.05, 0.1) is 0 Å². The number of rotatable bonds is 10. The van der Waals surface area contributed by atoms with Crippen molar-refractivity contribution in [1.29, 1.82) is 0 Å². The summed E-state index contributed by atoms with van der Waals surface area (Å²) in [6.45, 7) is 2.97. The van der Waals surface area contributed by atoms with Crippen molar-refractivity contribution in [2.45, 2.75) is 27.7 Å². The molecule has 0 amide bonds. The Hall–Kier alpha value is -1.88. The third-order valence-corrected chi connectivity index (χ3v) is 6.49. The first-order valence-electron chi connectivity index (χ1n) is 9.63. The first-order valence-corrected chi connectivity index (χ1v) is 11.7. The topological polar surface area (TPSA) is 15.3 Å². The Morgan fingerprint density at radius 2 is 1.50 bits per heavy atom. The third-order valence-electron chi connectivity index (χ3n) is 4.62. The summed E-state index contributed by atoms with van der Waals surface area (Å²) in [5.41, 5.74) is 2.63. The van der Waals surface area contributed by atoms with Gasteiger partial charge in [-0.2, -0.15) is 0 Å². The van der Waals surface area contributed by atoms with Crippen molar-refractivity contribution in [3.63, 3.8) is 0 Å². The Kier molecular flexibility index (Phi) is 8.34. The van der Waals surface area contributed by atoms with Crippen molar-refractivity contribution < 1.29 is 0 Å². The van der Waals surface area contributed by atoms with Crippen LogP contribution in [0.25, 0.3) is 0 Å². The summed E-state index contributed by atoms with van der Waals surface area (Å²) in [5.74, 6) is 0.